The van der Waals surface area contributed by atoms with Gasteiger partial charge in [-0.1, -0.05) is 24.3 Å². The van der Waals surface area contributed by atoms with E-state index in [4.69, 9.17) is 23.7 Å². The van der Waals surface area contributed by atoms with Gasteiger partial charge in [-0.3, -0.25) is 0 Å². The highest BCUT2D eigenvalue weighted by Gasteiger charge is 2.41. The van der Waals surface area contributed by atoms with Gasteiger partial charge in [0.1, 0.15) is 30.0 Å². The van der Waals surface area contributed by atoms with E-state index >= 15 is 0 Å². The first-order valence-corrected chi connectivity index (χ1v) is 11.8. The molecule has 0 aliphatic carbocycles. The van der Waals surface area contributed by atoms with Gasteiger partial charge in [-0.15, -0.1) is 0 Å². The molecular weight excluding hydrogens is 472 g/mol. The topological polar surface area (TPSA) is 88.9 Å². The SMILES string of the molecule is COc1ccc(C2Oc3ccccc3C3=C2C(c2cc(OC)c(OC)c(OC)c2)n2ncnc2N3)cc1. The van der Waals surface area contributed by atoms with Gasteiger partial charge in [-0.2, -0.15) is 10.1 Å². The van der Waals surface area contributed by atoms with Crippen molar-refractivity contribution in [3.05, 3.63) is 89.3 Å². The van der Waals surface area contributed by atoms with Gasteiger partial charge < -0.3 is 29.0 Å². The molecule has 188 valence electrons. The van der Waals surface area contributed by atoms with Gasteiger partial charge in [0.25, 0.3) is 0 Å². The molecule has 6 rings (SSSR count). The second kappa shape index (κ2) is 9.09. The average molecular weight is 499 g/mol. The summed E-state index contributed by atoms with van der Waals surface area (Å²) in [5, 5.41) is 8.11. The zero-order valence-electron chi connectivity index (χ0n) is 20.9. The molecule has 4 aromatic rings. The first-order chi connectivity index (χ1) is 18.2. The number of methoxy groups -OCH3 is 4. The Morgan fingerprint density at radius 2 is 1.57 bits per heavy atom. The van der Waals surface area contributed by atoms with Gasteiger partial charge in [-0.25, -0.2) is 4.68 Å². The fourth-order valence-electron chi connectivity index (χ4n) is 5.05. The van der Waals surface area contributed by atoms with E-state index in [0.29, 0.717) is 23.2 Å². The Labute approximate surface area is 214 Å². The van der Waals surface area contributed by atoms with Crippen molar-refractivity contribution < 1.29 is 23.7 Å². The van der Waals surface area contributed by atoms with Crippen LogP contribution in [0.3, 0.4) is 0 Å². The number of nitrogens with one attached hydrogen (secondary N) is 1. The van der Waals surface area contributed by atoms with Crippen LogP contribution in [0.4, 0.5) is 5.95 Å². The number of hydrogen-bond acceptors (Lipinski definition) is 8. The quantitative estimate of drug-likeness (QED) is 0.403. The lowest BCUT2D eigenvalue weighted by Gasteiger charge is -2.39. The Morgan fingerprint density at radius 3 is 2.24 bits per heavy atom. The van der Waals surface area contributed by atoms with Crippen molar-refractivity contribution in [1.82, 2.24) is 14.8 Å². The van der Waals surface area contributed by atoms with Gasteiger partial charge in [0.05, 0.1) is 34.1 Å². The average Bonchev–Trinajstić information content (AvgIpc) is 3.43. The molecule has 0 radical (unpaired) electrons. The van der Waals surface area contributed by atoms with Crippen molar-refractivity contribution in [3.8, 4) is 28.7 Å². The molecule has 9 nitrogen and oxygen atoms in total. The summed E-state index contributed by atoms with van der Waals surface area (Å²) in [4.78, 5) is 4.50. The molecule has 3 heterocycles. The summed E-state index contributed by atoms with van der Waals surface area (Å²) in [6.45, 7) is 0. The third-order valence-electron chi connectivity index (χ3n) is 6.74. The predicted molar refractivity (Wildman–Crippen MR) is 138 cm³/mol. The highest BCUT2D eigenvalue weighted by Crippen LogP contribution is 2.52. The van der Waals surface area contributed by atoms with Crippen molar-refractivity contribution in [2.45, 2.75) is 12.1 Å². The fourth-order valence-corrected chi connectivity index (χ4v) is 5.05. The molecule has 3 aromatic carbocycles. The van der Waals surface area contributed by atoms with Crippen LogP contribution < -0.4 is 29.0 Å². The van der Waals surface area contributed by atoms with Crippen LogP contribution >= 0.6 is 0 Å². The first kappa shape index (κ1) is 22.8. The van der Waals surface area contributed by atoms with Crippen molar-refractivity contribution in [2.24, 2.45) is 0 Å². The van der Waals surface area contributed by atoms with Gasteiger partial charge in [0.2, 0.25) is 11.7 Å². The lowest BCUT2D eigenvalue weighted by molar-refractivity contribution is 0.222. The molecule has 1 aromatic heterocycles. The molecule has 0 amide bonds. The zero-order chi connectivity index (χ0) is 25.5. The van der Waals surface area contributed by atoms with E-state index in [1.807, 2.05) is 65.3 Å². The van der Waals surface area contributed by atoms with Crippen molar-refractivity contribution in [2.75, 3.05) is 33.8 Å². The van der Waals surface area contributed by atoms with Gasteiger partial charge >= 0.3 is 0 Å². The Balaban J connectivity index is 1.61. The van der Waals surface area contributed by atoms with E-state index < -0.39 is 6.10 Å². The van der Waals surface area contributed by atoms with E-state index in [1.54, 1.807) is 34.8 Å². The number of benzene rings is 3. The number of aromatic nitrogens is 3. The van der Waals surface area contributed by atoms with Crippen molar-refractivity contribution in [1.29, 1.82) is 0 Å². The molecular formula is C28H26N4O5. The standard InChI is InChI=1S/C28H26N4O5/c1-33-18-11-9-16(10-12-18)26-23-24(19-7-5-6-8-20(19)37-26)31-28-29-15-30-32(28)25(23)17-13-21(34-2)27(36-4)22(14-17)35-3/h5-15,25-26H,1-4H3,(H,29,30,31). The van der Waals surface area contributed by atoms with Crippen LogP contribution in [-0.4, -0.2) is 43.2 Å². The van der Waals surface area contributed by atoms with Crippen LogP contribution in [0.2, 0.25) is 0 Å². The fraction of sp³-hybridized carbons (Fsp3) is 0.214. The van der Waals surface area contributed by atoms with Crippen LogP contribution in [-0.2, 0) is 0 Å². The third kappa shape index (κ3) is 3.62. The second-order valence-electron chi connectivity index (χ2n) is 8.61. The molecule has 1 N–H and O–H groups in total. The number of anilines is 1. The van der Waals surface area contributed by atoms with Crippen LogP contribution in [0.1, 0.15) is 28.8 Å². The summed E-state index contributed by atoms with van der Waals surface area (Å²) in [5.74, 6) is 3.81. The summed E-state index contributed by atoms with van der Waals surface area (Å²) < 4.78 is 30.9. The summed E-state index contributed by atoms with van der Waals surface area (Å²) in [5.41, 5.74) is 4.73. The van der Waals surface area contributed by atoms with Crippen molar-refractivity contribution in [3.63, 3.8) is 0 Å². The van der Waals surface area contributed by atoms with E-state index in [-0.39, 0.29) is 6.04 Å². The maximum Gasteiger partial charge on any atom is 0.226 e. The van der Waals surface area contributed by atoms with Gasteiger partial charge in [0, 0.05) is 11.1 Å². The number of nitrogens with zero attached hydrogens (tertiary/aromatic N) is 3. The number of ether oxygens (including phenoxy) is 5. The van der Waals surface area contributed by atoms with E-state index in [9.17, 15) is 0 Å². The van der Waals surface area contributed by atoms with Crippen LogP contribution in [0.25, 0.3) is 5.70 Å². The molecule has 2 aliphatic rings. The number of para-hydroxylation sites is 1. The maximum atomic E-state index is 6.67. The molecule has 2 unspecified atom stereocenters. The molecule has 37 heavy (non-hydrogen) atoms. The summed E-state index contributed by atoms with van der Waals surface area (Å²) in [6, 6.07) is 19.4. The Bertz CT molecular complexity index is 1470. The first-order valence-electron chi connectivity index (χ1n) is 11.8. The predicted octanol–water partition coefficient (Wildman–Crippen LogP) is 4.87. The van der Waals surface area contributed by atoms with Gasteiger partial charge in [-0.05, 0) is 47.5 Å². The van der Waals surface area contributed by atoms with E-state index in [1.165, 1.54) is 0 Å². The van der Waals surface area contributed by atoms with Crippen LogP contribution in [0.5, 0.6) is 28.7 Å². The third-order valence-corrected chi connectivity index (χ3v) is 6.74. The molecule has 0 fully saturated rings. The molecule has 0 bridgehead atoms. The molecule has 2 atom stereocenters. The monoisotopic (exact) mass is 498 g/mol. The normalized spacial score (nSPS) is 17.5. The van der Waals surface area contributed by atoms with E-state index in [0.717, 1.165) is 39.5 Å². The maximum absolute atomic E-state index is 6.67. The highest BCUT2D eigenvalue weighted by atomic mass is 16.5. The molecule has 0 spiro atoms. The lowest BCUT2D eigenvalue weighted by Crippen LogP contribution is -2.32. The number of rotatable bonds is 6. The van der Waals surface area contributed by atoms with Crippen molar-refractivity contribution >= 4 is 11.6 Å². The minimum Gasteiger partial charge on any atom is -0.497 e. The van der Waals surface area contributed by atoms with Gasteiger partial charge in [0.15, 0.2) is 11.5 Å². The summed E-state index contributed by atoms with van der Waals surface area (Å²) in [6.07, 6.45) is 1.13. The largest absolute Gasteiger partial charge is 0.497 e. The Morgan fingerprint density at radius 1 is 0.838 bits per heavy atom. The lowest BCUT2D eigenvalue weighted by atomic mass is 9.84. The molecule has 2 aliphatic heterocycles. The minimum absolute atomic E-state index is 0.372. The Kier molecular flexibility index (Phi) is 5.60. The number of hydrogen-bond donors (Lipinski definition) is 1. The van der Waals surface area contributed by atoms with Crippen LogP contribution in [0.15, 0.2) is 72.6 Å². The Hall–Kier alpha value is -4.66. The molecule has 0 saturated heterocycles. The zero-order valence-corrected chi connectivity index (χ0v) is 20.9. The summed E-state index contributed by atoms with van der Waals surface area (Å²) >= 11 is 0. The molecule has 9 heteroatoms. The number of fused-ring (bicyclic) bond motifs is 3. The van der Waals surface area contributed by atoms with E-state index in [2.05, 4.69) is 15.4 Å². The smallest absolute Gasteiger partial charge is 0.226 e. The highest BCUT2D eigenvalue weighted by molar-refractivity contribution is 5.85. The molecule has 0 saturated carbocycles. The summed E-state index contributed by atoms with van der Waals surface area (Å²) in [7, 11) is 6.46. The van der Waals surface area contributed by atoms with Crippen LogP contribution in [0, 0.1) is 0 Å². The minimum atomic E-state index is -0.412. The second-order valence-corrected chi connectivity index (χ2v) is 8.61.